The number of hydrogen-bond acceptors (Lipinski definition) is 10. The number of nitrogens with zero attached hydrogens (tertiary/aromatic N) is 8. The van der Waals surface area contributed by atoms with Crippen LogP contribution in [-0.4, -0.2) is 64.1 Å². The van der Waals surface area contributed by atoms with Crippen LogP contribution in [0.1, 0.15) is 39.2 Å². The SMILES string of the molecule is CCC(=O)Cn1c(=O)c2c(ncn2C(C)C(=O)Nc2csc(-c3cnc(N4CCCC4C(F)(F)F)nc3)n2)n(C)c1=O. The van der Waals surface area contributed by atoms with Gasteiger partial charge in [-0.05, 0) is 19.8 Å². The standard InChI is InChI=1S/C25H26F3N9O4S/c1-4-15(38)10-36-22(40)18-19(34(3)24(36)41)31-12-37(18)13(2)20(39)32-17-11-42-21(33-17)14-8-29-23(30-9-14)35-7-5-6-16(35)25(26,27)28/h8-9,11-13,16H,4-7,10H2,1-3H3,(H,32,39). The van der Waals surface area contributed by atoms with Gasteiger partial charge in [0.1, 0.15) is 22.9 Å². The molecule has 0 aromatic carbocycles. The Morgan fingerprint density at radius 3 is 2.57 bits per heavy atom. The van der Waals surface area contributed by atoms with Gasteiger partial charge in [-0.1, -0.05) is 6.92 Å². The zero-order valence-electron chi connectivity index (χ0n) is 22.8. The number of nitrogens with one attached hydrogen (secondary N) is 1. The molecule has 17 heteroatoms. The van der Waals surface area contributed by atoms with Crippen LogP contribution < -0.4 is 21.5 Å². The van der Waals surface area contributed by atoms with Crippen LogP contribution in [0.25, 0.3) is 21.7 Å². The summed E-state index contributed by atoms with van der Waals surface area (Å²) in [6.07, 6.45) is 0.206. The first-order chi connectivity index (χ1) is 19.9. The fraction of sp³-hybridized carbons (Fsp3) is 0.440. The third-order valence-corrected chi connectivity index (χ3v) is 8.00. The minimum Gasteiger partial charge on any atom is -0.329 e. The van der Waals surface area contributed by atoms with Crippen molar-refractivity contribution in [3.05, 3.63) is 44.9 Å². The minimum absolute atomic E-state index is 0.00868. The molecule has 1 N–H and O–H groups in total. The average Bonchev–Trinajstić information content (AvgIpc) is 3.73. The van der Waals surface area contributed by atoms with Gasteiger partial charge in [0.05, 0.1) is 12.9 Å². The van der Waals surface area contributed by atoms with Crippen molar-refractivity contribution in [2.45, 2.75) is 57.9 Å². The fourth-order valence-electron chi connectivity index (χ4n) is 4.76. The zero-order valence-corrected chi connectivity index (χ0v) is 23.6. The van der Waals surface area contributed by atoms with E-state index >= 15 is 0 Å². The van der Waals surface area contributed by atoms with E-state index in [0.717, 1.165) is 14.0 Å². The van der Waals surface area contributed by atoms with Crippen LogP contribution in [0.5, 0.6) is 0 Å². The van der Waals surface area contributed by atoms with E-state index in [4.69, 9.17) is 0 Å². The Morgan fingerprint density at radius 1 is 1.19 bits per heavy atom. The number of carbonyl (C=O) groups is 2. The number of amides is 1. The number of anilines is 2. The largest absolute Gasteiger partial charge is 0.408 e. The smallest absolute Gasteiger partial charge is 0.329 e. The predicted octanol–water partition coefficient (Wildman–Crippen LogP) is 2.52. The monoisotopic (exact) mass is 605 g/mol. The summed E-state index contributed by atoms with van der Waals surface area (Å²) in [5.41, 5.74) is -0.903. The summed E-state index contributed by atoms with van der Waals surface area (Å²) >= 11 is 1.17. The first-order valence-electron chi connectivity index (χ1n) is 13.0. The highest BCUT2D eigenvalue weighted by Gasteiger charge is 2.46. The van der Waals surface area contributed by atoms with E-state index in [2.05, 4.69) is 25.3 Å². The number of carbonyl (C=O) groups excluding carboxylic acids is 2. The second-order valence-electron chi connectivity index (χ2n) is 9.82. The van der Waals surface area contributed by atoms with Crippen LogP contribution in [0, 0.1) is 0 Å². The molecule has 5 rings (SSSR count). The average molecular weight is 606 g/mol. The van der Waals surface area contributed by atoms with Gasteiger partial charge in [-0.2, -0.15) is 13.2 Å². The lowest BCUT2D eigenvalue weighted by Gasteiger charge is -2.26. The van der Waals surface area contributed by atoms with Crippen molar-refractivity contribution in [3.63, 3.8) is 0 Å². The molecule has 0 radical (unpaired) electrons. The van der Waals surface area contributed by atoms with Crippen molar-refractivity contribution < 1.29 is 22.8 Å². The maximum atomic E-state index is 13.3. The molecule has 1 saturated heterocycles. The first kappa shape index (κ1) is 29.1. The number of aryl methyl sites for hydroxylation is 1. The molecule has 0 bridgehead atoms. The summed E-state index contributed by atoms with van der Waals surface area (Å²) in [5, 5.41) is 4.68. The molecular weight excluding hydrogens is 579 g/mol. The Labute approximate surface area is 239 Å². The highest BCUT2D eigenvalue weighted by molar-refractivity contribution is 7.13. The number of Topliss-reactive ketones (excluding diaryl/α,β-unsaturated/α-hetero) is 1. The Morgan fingerprint density at radius 2 is 1.90 bits per heavy atom. The second kappa shape index (κ2) is 11.1. The van der Waals surface area contributed by atoms with Crippen molar-refractivity contribution in [2.75, 3.05) is 16.8 Å². The highest BCUT2D eigenvalue weighted by atomic mass is 32.1. The quantitative estimate of drug-likeness (QED) is 0.320. The van der Waals surface area contributed by atoms with E-state index in [-0.39, 0.29) is 48.1 Å². The predicted molar refractivity (Wildman–Crippen MR) is 147 cm³/mol. The van der Waals surface area contributed by atoms with Gasteiger partial charge >= 0.3 is 11.9 Å². The maximum absolute atomic E-state index is 13.3. The van der Waals surface area contributed by atoms with Crippen molar-refractivity contribution in [3.8, 4) is 10.6 Å². The number of alkyl halides is 3. The van der Waals surface area contributed by atoms with E-state index in [0.29, 0.717) is 17.0 Å². The lowest BCUT2D eigenvalue weighted by Crippen LogP contribution is -2.42. The molecular formula is C25H26F3N9O4S. The number of halogens is 3. The van der Waals surface area contributed by atoms with Crippen molar-refractivity contribution in [1.82, 2.24) is 33.6 Å². The molecule has 4 aromatic heterocycles. The normalized spacial score (nSPS) is 16.2. The molecule has 2 unspecified atom stereocenters. The molecule has 1 amide bonds. The summed E-state index contributed by atoms with van der Waals surface area (Å²) in [6.45, 7) is 2.98. The van der Waals surface area contributed by atoms with Gasteiger partial charge in [-0.15, -0.1) is 11.3 Å². The molecule has 42 heavy (non-hydrogen) atoms. The molecule has 4 aromatic rings. The van der Waals surface area contributed by atoms with Gasteiger partial charge < -0.3 is 14.8 Å². The molecule has 222 valence electrons. The van der Waals surface area contributed by atoms with Crippen LogP contribution in [0.15, 0.2) is 33.7 Å². The number of rotatable bonds is 8. The number of imidazole rings is 1. The molecule has 0 spiro atoms. The van der Waals surface area contributed by atoms with Crippen LogP contribution in [-0.2, 0) is 23.2 Å². The van der Waals surface area contributed by atoms with E-state index in [9.17, 15) is 32.3 Å². The molecule has 13 nitrogen and oxygen atoms in total. The molecule has 5 heterocycles. The molecule has 1 fully saturated rings. The van der Waals surface area contributed by atoms with E-state index in [1.165, 1.54) is 48.6 Å². The van der Waals surface area contributed by atoms with Crippen LogP contribution in [0.3, 0.4) is 0 Å². The number of thiazole rings is 1. The van der Waals surface area contributed by atoms with Gasteiger partial charge in [0.2, 0.25) is 11.9 Å². The molecule has 0 aliphatic carbocycles. The van der Waals surface area contributed by atoms with Gasteiger partial charge in [0, 0.05) is 43.4 Å². The Hall–Kier alpha value is -4.41. The topological polar surface area (TPSA) is 150 Å². The van der Waals surface area contributed by atoms with Gasteiger partial charge in [0.25, 0.3) is 5.56 Å². The van der Waals surface area contributed by atoms with Crippen LogP contribution >= 0.6 is 11.3 Å². The fourth-order valence-corrected chi connectivity index (χ4v) is 5.48. The summed E-state index contributed by atoms with van der Waals surface area (Å²) in [5.74, 6) is -0.642. The van der Waals surface area contributed by atoms with Crippen molar-refractivity contribution in [2.24, 2.45) is 7.05 Å². The third-order valence-electron chi connectivity index (χ3n) is 7.11. The molecule has 1 aliphatic rings. The van der Waals surface area contributed by atoms with Gasteiger partial charge in [-0.25, -0.2) is 24.7 Å². The Kier molecular flexibility index (Phi) is 7.70. The zero-order chi connectivity index (χ0) is 30.3. The Bertz CT molecular complexity index is 1770. The Balaban J connectivity index is 1.34. The number of ketones is 1. The summed E-state index contributed by atoms with van der Waals surface area (Å²) < 4.78 is 43.2. The lowest BCUT2D eigenvalue weighted by molar-refractivity contribution is -0.146. The number of hydrogen-bond donors (Lipinski definition) is 1. The lowest BCUT2D eigenvalue weighted by atomic mass is 10.2. The second-order valence-corrected chi connectivity index (χ2v) is 10.7. The summed E-state index contributed by atoms with van der Waals surface area (Å²) in [7, 11) is 1.42. The van der Waals surface area contributed by atoms with E-state index in [1.54, 1.807) is 12.3 Å². The van der Waals surface area contributed by atoms with Crippen molar-refractivity contribution in [1.29, 1.82) is 0 Å². The van der Waals surface area contributed by atoms with E-state index < -0.39 is 42.0 Å². The highest BCUT2D eigenvalue weighted by Crippen LogP contribution is 2.35. The first-order valence-corrected chi connectivity index (χ1v) is 13.9. The molecule has 1 aliphatic heterocycles. The van der Waals surface area contributed by atoms with Gasteiger partial charge in [-0.3, -0.25) is 23.5 Å². The van der Waals surface area contributed by atoms with Crippen LogP contribution in [0.2, 0.25) is 0 Å². The van der Waals surface area contributed by atoms with Crippen LogP contribution in [0.4, 0.5) is 24.9 Å². The summed E-state index contributed by atoms with van der Waals surface area (Å²) in [6, 6.07) is -2.57. The van der Waals surface area contributed by atoms with Crippen molar-refractivity contribution >= 4 is 46.0 Å². The van der Waals surface area contributed by atoms with Gasteiger partial charge in [0.15, 0.2) is 16.9 Å². The molecule has 2 atom stereocenters. The molecule has 0 saturated carbocycles. The summed E-state index contributed by atoms with van der Waals surface area (Å²) in [4.78, 5) is 68.8. The maximum Gasteiger partial charge on any atom is 0.408 e. The third kappa shape index (κ3) is 5.31. The number of fused-ring (bicyclic) bond motifs is 1. The minimum atomic E-state index is -4.37. The number of aromatic nitrogens is 7. The van der Waals surface area contributed by atoms with E-state index in [1.807, 2.05) is 0 Å².